The third-order valence-corrected chi connectivity index (χ3v) is 18.1. The van der Waals surface area contributed by atoms with E-state index in [1.54, 1.807) is 83.3 Å². The molecule has 0 aliphatic heterocycles. The normalized spacial score (nSPS) is 12.8. The molecule has 0 unspecified atom stereocenters. The van der Waals surface area contributed by atoms with Gasteiger partial charge in [-0.25, -0.2) is 47.2 Å². The zero-order valence-electron chi connectivity index (χ0n) is 52.3. The molecule has 0 aliphatic carbocycles. The predicted molar refractivity (Wildman–Crippen MR) is 338 cm³/mol. The van der Waals surface area contributed by atoms with E-state index in [1.807, 2.05) is 19.5 Å². The fraction of sp³-hybridized carbons (Fsp3) is 0.983. The van der Waals surface area contributed by atoms with Gasteiger partial charge in [-0.15, -0.1) is 0 Å². The van der Waals surface area contributed by atoms with Gasteiger partial charge in [0.05, 0.1) is 49.4 Å². The maximum absolute atomic E-state index is 13.2. The highest BCUT2D eigenvalue weighted by Crippen LogP contribution is 2.22. The molecule has 0 spiro atoms. The van der Waals surface area contributed by atoms with Crippen molar-refractivity contribution in [2.75, 3.05) is 81.1 Å². The summed E-state index contributed by atoms with van der Waals surface area (Å²) in [6.07, 6.45) is 24.2. The first-order valence-electron chi connectivity index (χ1n) is 29.4. The van der Waals surface area contributed by atoms with Gasteiger partial charge in [-0.1, -0.05) is 112 Å². The lowest BCUT2D eigenvalue weighted by molar-refractivity contribution is -0.840. The van der Waals surface area contributed by atoms with E-state index >= 15 is 0 Å². The average molecular weight is 1310 g/mol. The number of quaternary nitrogens is 1. The highest BCUT2D eigenvalue weighted by molar-refractivity contribution is 9.09. The molecule has 0 saturated heterocycles. The van der Waals surface area contributed by atoms with E-state index < -0.39 is 57.1 Å². The standard InChI is InChI=1S/C15H32FNO3S.C15H32FNO2S.C10H18FNS.C9H18BrF.C9H18ClFO2S/c1-15(2,16)11-7-5-6-9-13-21(19,20)14-10-8-12-17(3,4)18;1-15(2,16)11-7-5-6-9-13-20(18,19)14-10-8-12-17(3)4;1-10(2,11)7-5-3-4-6-8-13-9-12;1-9(2,11)7-5-3-4-6-8-10;1-9(2,11)7-5-3-4-6-8-14(10,12)13/h5-14H2,1-4H3;5-14H2,1-4H3;3-8H2,1-2H3;3-8H2,1-2H3;3-8H2,1-2H3. The average Bonchev–Trinajstić information content (AvgIpc) is 3.25. The summed E-state index contributed by atoms with van der Waals surface area (Å²) in [5.74, 6) is 1.90. The van der Waals surface area contributed by atoms with Crippen molar-refractivity contribution < 1.29 is 51.9 Å². The molecule has 0 heterocycles. The zero-order valence-corrected chi connectivity index (χ0v) is 58.0. The van der Waals surface area contributed by atoms with Gasteiger partial charge in [0.15, 0.2) is 0 Å². The van der Waals surface area contributed by atoms with Crippen molar-refractivity contribution in [1.29, 1.82) is 5.26 Å². The fourth-order valence-electron chi connectivity index (χ4n) is 7.50. The van der Waals surface area contributed by atoms with Crippen LogP contribution >= 0.6 is 38.4 Å². The van der Waals surface area contributed by atoms with Gasteiger partial charge in [0.25, 0.3) is 0 Å². The molecule has 0 N–H and O–H groups in total. The molecule has 0 radical (unpaired) electrons. The Balaban J connectivity index is -0.000000295. The molecule has 0 amide bonds. The Morgan fingerprint density at radius 3 is 1.00 bits per heavy atom. The Bertz CT molecular complexity index is 1780. The number of thiocyanates is 1. The van der Waals surface area contributed by atoms with Crippen molar-refractivity contribution in [2.45, 2.75) is 284 Å². The number of hydroxylamine groups is 3. The largest absolute Gasteiger partial charge is 0.633 e. The van der Waals surface area contributed by atoms with E-state index in [0.29, 0.717) is 76.5 Å². The second-order valence-corrected chi connectivity index (χ2v) is 34.3. The number of nitrogens with zero attached hydrogens (tertiary/aromatic N) is 3. The number of hydrogen-bond donors (Lipinski definition) is 0. The molecule has 21 heteroatoms. The summed E-state index contributed by atoms with van der Waals surface area (Å²) in [7, 11) is 2.92. The molecular formula is C58H118BrClF5N3O7S4. The van der Waals surface area contributed by atoms with Crippen LogP contribution in [0.3, 0.4) is 0 Å². The van der Waals surface area contributed by atoms with Crippen molar-refractivity contribution in [3.8, 4) is 5.40 Å². The van der Waals surface area contributed by atoms with Crippen LogP contribution < -0.4 is 0 Å². The molecule has 79 heavy (non-hydrogen) atoms. The van der Waals surface area contributed by atoms with E-state index in [4.69, 9.17) is 15.9 Å². The molecule has 0 saturated carbocycles. The van der Waals surface area contributed by atoms with Crippen LogP contribution in [0.5, 0.6) is 0 Å². The lowest BCUT2D eigenvalue weighted by Crippen LogP contribution is -2.33. The summed E-state index contributed by atoms with van der Waals surface area (Å²) in [4.78, 5) is 2.07. The van der Waals surface area contributed by atoms with Crippen LogP contribution in [0.25, 0.3) is 0 Å². The molecule has 480 valence electrons. The molecule has 0 aromatic rings. The van der Waals surface area contributed by atoms with Crippen molar-refractivity contribution in [1.82, 2.24) is 4.90 Å². The number of sulfone groups is 2. The Morgan fingerprint density at radius 2 is 0.734 bits per heavy atom. The maximum Gasteiger partial charge on any atom is 0.232 e. The number of alkyl halides is 6. The number of unbranched alkanes of at least 4 members (excludes halogenated alkanes) is 17. The van der Waals surface area contributed by atoms with Gasteiger partial charge in [0.2, 0.25) is 9.05 Å². The van der Waals surface area contributed by atoms with E-state index in [0.717, 1.165) is 120 Å². The van der Waals surface area contributed by atoms with Gasteiger partial charge < -0.3 is 14.8 Å². The summed E-state index contributed by atoms with van der Waals surface area (Å²) < 4.78 is 133. The van der Waals surface area contributed by atoms with Gasteiger partial charge in [-0.3, -0.25) is 0 Å². The minimum atomic E-state index is -3.34. The molecule has 0 fully saturated rings. The summed E-state index contributed by atoms with van der Waals surface area (Å²) in [6.45, 7) is 17.4. The first-order chi connectivity index (χ1) is 35.9. The second kappa shape index (κ2) is 49.1. The minimum absolute atomic E-state index is 0.0214. The Kier molecular flexibility index (Phi) is 54.6. The molecule has 0 bridgehead atoms. The van der Waals surface area contributed by atoms with Crippen LogP contribution in [0, 0.1) is 15.9 Å². The monoisotopic (exact) mass is 1310 g/mol. The van der Waals surface area contributed by atoms with Crippen molar-refractivity contribution in [2.24, 2.45) is 0 Å². The van der Waals surface area contributed by atoms with Crippen LogP contribution in [-0.2, 0) is 28.7 Å². The van der Waals surface area contributed by atoms with Gasteiger partial charge in [0, 0.05) is 21.8 Å². The molecular weight excluding hydrogens is 1190 g/mol. The summed E-state index contributed by atoms with van der Waals surface area (Å²) in [6, 6.07) is 0. The first-order valence-corrected chi connectivity index (χ1v) is 37.6. The highest BCUT2D eigenvalue weighted by Gasteiger charge is 2.18. The molecule has 0 aromatic carbocycles. The van der Waals surface area contributed by atoms with E-state index in [2.05, 4.69) is 20.8 Å². The lowest BCUT2D eigenvalue weighted by Gasteiger charge is -2.33. The van der Waals surface area contributed by atoms with Crippen molar-refractivity contribution in [3.05, 3.63) is 5.21 Å². The minimum Gasteiger partial charge on any atom is -0.633 e. The van der Waals surface area contributed by atoms with Crippen LogP contribution in [-0.4, -0.2) is 144 Å². The van der Waals surface area contributed by atoms with Crippen LogP contribution in [0.4, 0.5) is 22.0 Å². The quantitative estimate of drug-likeness (QED) is 0.0110. The molecule has 0 aromatic heterocycles. The zero-order chi connectivity index (χ0) is 62.4. The van der Waals surface area contributed by atoms with Crippen LogP contribution in [0.2, 0.25) is 0 Å². The number of nitriles is 1. The number of halogens is 7. The van der Waals surface area contributed by atoms with Gasteiger partial charge in [0.1, 0.15) is 53.4 Å². The van der Waals surface area contributed by atoms with Gasteiger partial charge in [-0.2, -0.15) is 5.26 Å². The summed E-state index contributed by atoms with van der Waals surface area (Å²) >= 11 is 4.67. The Labute approximate surface area is 501 Å². The Morgan fingerprint density at radius 1 is 0.468 bits per heavy atom. The van der Waals surface area contributed by atoms with Crippen molar-refractivity contribution in [3.63, 3.8) is 0 Å². The predicted octanol–water partition coefficient (Wildman–Crippen LogP) is 18.1. The fourth-order valence-corrected chi connectivity index (χ4v) is 12.2. The molecule has 0 aliphatic rings. The SMILES string of the molecule is CC(C)(F)CCCCCCBr.CC(C)(F)CCCCCCS(=O)(=O)CCCC[N+](C)(C)[O-].CC(C)(F)CCCCCCS(=O)(=O)Cl.CC(C)(F)CCCCCCSC#N.CN(C)CCCCS(=O)(=O)CCCCCCC(C)(C)F. The number of rotatable bonds is 44. The second-order valence-electron chi connectivity index (χ2n) is 25.1. The number of hydrogen-bond acceptors (Lipinski definition) is 10. The maximum atomic E-state index is 13.2. The van der Waals surface area contributed by atoms with Gasteiger partial charge >= 0.3 is 0 Å². The van der Waals surface area contributed by atoms with Crippen molar-refractivity contribution >= 4 is 67.1 Å². The molecule has 10 nitrogen and oxygen atoms in total. The van der Waals surface area contributed by atoms with Crippen LogP contribution in [0.1, 0.15) is 255 Å². The van der Waals surface area contributed by atoms with Gasteiger partial charge in [-0.05, 0) is 192 Å². The lowest BCUT2D eigenvalue weighted by atomic mass is 10.0. The third-order valence-electron chi connectivity index (χ3n) is 12.1. The molecule has 0 rings (SSSR count). The van der Waals surface area contributed by atoms with E-state index in [1.165, 1.54) is 31.0 Å². The summed E-state index contributed by atoms with van der Waals surface area (Å²) in [5.41, 5.74) is -5.31. The smallest absolute Gasteiger partial charge is 0.232 e. The highest BCUT2D eigenvalue weighted by atomic mass is 79.9. The molecule has 0 atom stereocenters. The first kappa shape index (κ1) is 87.8. The number of thioether (sulfide) groups is 1. The summed E-state index contributed by atoms with van der Waals surface area (Å²) in [5, 5.41) is 22.7. The van der Waals surface area contributed by atoms with E-state index in [-0.39, 0.29) is 27.7 Å². The topological polar surface area (TPSA) is 153 Å². The van der Waals surface area contributed by atoms with E-state index in [9.17, 15) is 52.4 Å². The van der Waals surface area contributed by atoms with Crippen LogP contribution in [0.15, 0.2) is 0 Å². The third kappa shape index (κ3) is 97.4. The Hall–Kier alpha value is -0.0100.